The van der Waals surface area contributed by atoms with Crippen LogP contribution in [0.5, 0.6) is 0 Å². The zero-order valence-corrected chi connectivity index (χ0v) is 12.7. The van der Waals surface area contributed by atoms with Crippen LogP contribution in [0, 0.1) is 5.92 Å². The van der Waals surface area contributed by atoms with Crippen molar-refractivity contribution in [3.8, 4) is 0 Å². The van der Waals surface area contributed by atoms with Crippen molar-refractivity contribution in [1.29, 1.82) is 0 Å². The molecule has 0 radical (unpaired) electrons. The monoisotopic (exact) mass is 303 g/mol. The van der Waals surface area contributed by atoms with Crippen molar-refractivity contribution < 1.29 is 0 Å². The number of thiazole rings is 1. The first kappa shape index (κ1) is 13.9. The summed E-state index contributed by atoms with van der Waals surface area (Å²) in [6, 6.07) is -0.00454. The lowest BCUT2D eigenvalue weighted by molar-refractivity contribution is 0.392. The number of hydrogen-bond donors (Lipinski definition) is 3. The summed E-state index contributed by atoms with van der Waals surface area (Å²) in [7, 11) is 0. The van der Waals surface area contributed by atoms with E-state index in [4.69, 9.17) is 5.73 Å². The number of fused-ring (bicyclic) bond motifs is 1. The maximum Gasteiger partial charge on any atom is 0.183 e. The van der Waals surface area contributed by atoms with Gasteiger partial charge in [-0.25, -0.2) is 19.9 Å². The molecule has 0 aliphatic heterocycles. The number of anilines is 1. The molecule has 0 aliphatic rings. The van der Waals surface area contributed by atoms with Gasteiger partial charge in [-0.1, -0.05) is 13.8 Å². The Labute approximate surface area is 126 Å². The van der Waals surface area contributed by atoms with Gasteiger partial charge in [0.15, 0.2) is 17.3 Å². The molecule has 0 fully saturated rings. The predicted octanol–water partition coefficient (Wildman–Crippen LogP) is 1.88. The molecule has 21 heavy (non-hydrogen) atoms. The second kappa shape index (κ2) is 5.74. The van der Waals surface area contributed by atoms with E-state index in [0.29, 0.717) is 35.3 Å². The van der Waals surface area contributed by atoms with Crippen LogP contribution in [-0.2, 0) is 6.54 Å². The summed E-state index contributed by atoms with van der Waals surface area (Å²) in [5, 5.41) is 5.47. The van der Waals surface area contributed by atoms with Gasteiger partial charge in [-0.3, -0.25) is 0 Å². The molecule has 0 amide bonds. The van der Waals surface area contributed by atoms with Crippen molar-refractivity contribution in [2.24, 2.45) is 5.92 Å². The summed E-state index contributed by atoms with van der Waals surface area (Å²) in [4.78, 5) is 20.3. The molecule has 1 atom stereocenters. The van der Waals surface area contributed by atoms with Gasteiger partial charge in [0.05, 0.1) is 23.6 Å². The third-order valence-corrected chi connectivity index (χ3v) is 3.90. The Kier molecular flexibility index (Phi) is 3.80. The number of hydrogen-bond acceptors (Lipinski definition) is 7. The van der Waals surface area contributed by atoms with E-state index in [2.05, 4.69) is 44.1 Å². The van der Waals surface area contributed by atoms with Crippen LogP contribution in [0.1, 0.15) is 31.4 Å². The summed E-state index contributed by atoms with van der Waals surface area (Å²) in [6.45, 7) is 4.91. The zero-order chi connectivity index (χ0) is 14.8. The van der Waals surface area contributed by atoms with Gasteiger partial charge in [-0.2, -0.15) is 0 Å². The number of imidazole rings is 1. The van der Waals surface area contributed by atoms with Crippen LogP contribution in [0.3, 0.4) is 0 Å². The van der Waals surface area contributed by atoms with Crippen LogP contribution in [0.4, 0.5) is 5.82 Å². The van der Waals surface area contributed by atoms with E-state index in [1.54, 1.807) is 17.7 Å². The normalized spacial score (nSPS) is 13.1. The molecule has 110 valence electrons. The van der Waals surface area contributed by atoms with Gasteiger partial charge in [0, 0.05) is 11.9 Å². The van der Waals surface area contributed by atoms with Gasteiger partial charge in [0.2, 0.25) is 0 Å². The van der Waals surface area contributed by atoms with Crippen molar-refractivity contribution in [3.05, 3.63) is 28.7 Å². The molecule has 3 aromatic heterocycles. The van der Waals surface area contributed by atoms with E-state index < -0.39 is 0 Å². The average Bonchev–Trinajstić information content (AvgIpc) is 3.09. The lowest BCUT2D eigenvalue weighted by atomic mass is 10.0. The maximum atomic E-state index is 5.97. The van der Waals surface area contributed by atoms with Crippen molar-refractivity contribution in [1.82, 2.24) is 30.2 Å². The van der Waals surface area contributed by atoms with Crippen LogP contribution in [0.15, 0.2) is 17.2 Å². The number of aromatic nitrogens is 5. The fourth-order valence-electron chi connectivity index (χ4n) is 2.18. The Hall–Kier alpha value is -2.06. The molecule has 7 nitrogen and oxygen atoms in total. The molecule has 0 bridgehead atoms. The number of nitrogens with zero attached hydrogens (tertiary/aromatic N) is 4. The van der Waals surface area contributed by atoms with E-state index in [0.717, 1.165) is 5.69 Å². The van der Waals surface area contributed by atoms with Gasteiger partial charge in [-0.05, 0) is 5.92 Å². The van der Waals surface area contributed by atoms with E-state index in [1.165, 1.54) is 0 Å². The SMILES string of the molecule is CC(C)C(NCc1cscn1)c1nc(N)c2[nH]cnc2n1. The Morgan fingerprint density at radius 3 is 2.90 bits per heavy atom. The van der Waals surface area contributed by atoms with Gasteiger partial charge in [-0.15, -0.1) is 11.3 Å². The highest BCUT2D eigenvalue weighted by molar-refractivity contribution is 7.07. The Bertz CT molecular complexity index is 719. The third kappa shape index (κ3) is 2.86. The second-order valence-corrected chi connectivity index (χ2v) is 5.87. The molecule has 4 N–H and O–H groups in total. The number of H-pyrrole nitrogens is 1. The van der Waals surface area contributed by atoms with Crippen LogP contribution in [0.2, 0.25) is 0 Å². The van der Waals surface area contributed by atoms with Gasteiger partial charge >= 0.3 is 0 Å². The van der Waals surface area contributed by atoms with Gasteiger partial charge < -0.3 is 16.0 Å². The summed E-state index contributed by atoms with van der Waals surface area (Å²) < 4.78 is 0. The van der Waals surface area contributed by atoms with Crippen LogP contribution < -0.4 is 11.1 Å². The molecule has 3 rings (SSSR count). The summed E-state index contributed by atoms with van der Waals surface area (Å²) in [6.07, 6.45) is 1.58. The molecule has 0 aliphatic carbocycles. The molecule has 1 unspecified atom stereocenters. The smallest absolute Gasteiger partial charge is 0.183 e. The van der Waals surface area contributed by atoms with Crippen LogP contribution >= 0.6 is 11.3 Å². The van der Waals surface area contributed by atoms with Crippen LogP contribution in [0.25, 0.3) is 11.2 Å². The number of rotatable bonds is 5. The minimum Gasteiger partial charge on any atom is -0.382 e. The lowest BCUT2D eigenvalue weighted by Crippen LogP contribution is -2.27. The first-order valence-corrected chi connectivity index (χ1v) is 7.66. The topological polar surface area (TPSA) is 105 Å². The third-order valence-electron chi connectivity index (χ3n) is 3.26. The highest BCUT2D eigenvalue weighted by Gasteiger charge is 2.20. The first-order chi connectivity index (χ1) is 10.1. The fraction of sp³-hybridized carbons (Fsp3) is 0.385. The summed E-state index contributed by atoms with van der Waals surface area (Å²) in [5.41, 5.74) is 10.1. The minimum atomic E-state index is -0.00454. The summed E-state index contributed by atoms with van der Waals surface area (Å²) in [5.74, 6) is 1.41. The molecular weight excluding hydrogens is 286 g/mol. The van der Waals surface area contributed by atoms with E-state index >= 15 is 0 Å². The van der Waals surface area contributed by atoms with Gasteiger partial charge in [0.25, 0.3) is 0 Å². The van der Waals surface area contributed by atoms with Crippen molar-refractivity contribution in [3.63, 3.8) is 0 Å². The highest BCUT2D eigenvalue weighted by Crippen LogP contribution is 2.22. The number of nitrogens with one attached hydrogen (secondary N) is 2. The van der Waals surface area contributed by atoms with Crippen molar-refractivity contribution >= 4 is 28.3 Å². The van der Waals surface area contributed by atoms with E-state index in [-0.39, 0.29) is 6.04 Å². The highest BCUT2D eigenvalue weighted by atomic mass is 32.1. The molecule has 3 aromatic rings. The predicted molar refractivity (Wildman–Crippen MR) is 82.6 cm³/mol. The van der Waals surface area contributed by atoms with Crippen LogP contribution in [-0.4, -0.2) is 24.9 Å². The van der Waals surface area contributed by atoms with Gasteiger partial charge in [0.1, 0.15) is 5.52 Å². The Morgan fingerprint density at radius 2 is 2.19 bits per heavy atom. The lowest BCUT2D eigenvalue weighted by Gasteiger charge is -2.20. The molecule has 0 saturated carbocycles. The molecule has 8 heteroatoms. The van der Waals surface area contributed by atoms with E-state index in [1.807, 2.05) is 10.9 Å². The quantitative estimate of drug-likeness (QED) is 0.664. The molecule has 0 spiro atoms. The maximum absolute atomic E-state index is 5.97. The first-order valence-electron chi connectivity index (χ1n) is 6.72. The Morgan fingerprint density at radius 1 is 1.33 bits per heavy atom. The standard InChI is InChI=1S/C13H17N7S/c1-7(2)9(15-3-8-4-21-6-18-8)13-19-11(14)10-12(20-13)17-5-16-10/h4-7,9,15H,3H2,1-2H3,(H3,14,16,17,19,20). The molecule has 0 aromatic carbocycles. The largest absolute Gasteiger partial charge is 0.382 e. The average molecular weight is 303 g/mol. The summed E-state index contributed by atoms with van der Waals surface area (Å²) >= 11 is 1.58. The number of nitrogen functional groups attached to an aromatic ring is 1. The Balaban J connectivity index is 1.87. The molecule has 3 heterocycles. The van der Waals surface area contributed by atoms with Crippen molar-refractivity contribution in [2.75, 3.05) is 5.73 Å². The fourth-order valence-corrected chi connectivity index (χ4v) is 2.74. The number of nitrogens with two attached hydrogens (primary N) is 1. The molecular formula is C13H17N7S. The number of aromatic amines is 1. The zero-order valence-electron chi connectivity index (χ0n) is 11.9. The second-order valence-electron chi connectivity index (χ2n) is 5.15. The van der Waals surface area contributed by atoms with Crippen molar-refractivity contribution in [2.45, 2.75) is 26.4 Å². The molecule has 0 saturated heterocycles. The minimum absolute atomic E-state index is 0.00454. The van der Waals surface area contributed by atoms with E-state index in [9.17, 15) is 0 Å².